The van der Waals surface area contributed by atoms with E-state index < -0.39 is 0 Å². The molecule has 0 bridgehead atoms. The van der Waals surface area contributed by atoms with E-state index >= 15 is 0 Å². The molecule has 3 heterocycles. The number of allylic oxidation sites excluding steroid dienone is 1. The summed E-state index contributed by atoms with van der Waals surface area (Å²) in [5.41, 5.74) is 1.99. The summed E-state index contributed by atoms with van der Waals surface area (Å²) in [6, 6.07) is 13.4. The van der Waals surface area contributed by atoms with Crippen LogP contribution in [-0.2, 0) is 4.79 Å². The van der Waals surface area contributed by atoms with Gasteiger partial charge < -0.3 is 4.74 Å². The molecule has 0 aliphatic carbocycles. The Hall–Kier alpha value is -3.32. The summed E-state index contributed by atoms with van der Waals surface area (Å²) in [6.45, 7) is -0.161. The average Bonchev–Trinajstić information content (AvgIpc) is 3.53. The number of benzene rings is 1. The van der Waals surface area contributed by atoms with Crippen molar-refractivity contribution in [3.63, 3.8) is 0 Å². The highest BCUT2D eigenvalue weighted by Crippen LogP contribution is 2.31. The maximum absolute atomic E-state index is 12.1. The molecule has 0 fully saturated rings. The molecular weight excluding hydrogens is 436 g/mol. The molecule has 1 aromatic carbocycles. The summed E-state index contributed by atoms with van der Waals surface area (Å²) in [5, 5.41) is 19.2. The number of nitrogens with one attached hydrogen (secondary N) is 1. The molecule has 1 amide bonds. The highest BCUT2D eigenvalue weighted by molar-refractivity contribution is 7.14. The third kappa shape index (κ3) is 4.80. The number of hydrogen-bond donors (Lipinski definition) is 1. The molecule has 9 heteroatoms. The van der Waals surface area contributed by atoms with Gasteiger partial charge in [-0.05, 0) is 23.6 Å². The van der Waals surface area contributed by atoms with Crippen molar-refractivity contribution in [2.45, 2.75) is 0 Å². The lowest BCUT2D eigenvalue weighted by Crippen LogP contribution is -2.20. The van der Waals surface area contributed by atoms with Gasteiger partial charge in [0.2, 0.25) is 0 Å². The fourth-order valence-electron chi connectivity index (χ4n) is 2.55. The molecule has 0 spiro atoms. The molecular formula is C21H14N4O2S3. The number of nitriles is 1. The zero-order chi connectivity index (χ0) is 20.8. The Morgan fingerprint density at radius 3 is 2.83 bits per heavy atom. The van der Waals surface area contributed by atoms with Crippen LogP contribution in [0.3, 0.4) is 0 Å². The van der Waals surface area contributed by atoms with Crippen molar-refractivity contribution < 1.29 is 9.53 Å². The molecule has 30 heavy (non-hydrogen) atoms. The van der Waals surface area contributed by atoms with Crippen molar-refractivity contribution in [2.75, 3.05) is 11.9 Å². The zero-order valence-corrected chi connectivity index (χ0v) is 17.9. The van der Waals surface area contributed by atoms with Gasteiger partial charge in [-0.1, -0.05) is 24.3 Å². The number of amides is 1. The Balaban J connectivity index is 1.51. The monoisotopic (exact) mass is 450 g/mol. The normalized spacial score (nSPS) is 11.1. The van der Waals surface area contributed by atoms with Crippen LogP contribution >= 0.6 is 34.0 Å². The smallest absolute Gasteiger partial charge is 0.264 e. The molecule has 0 aliphatic heterocycles. The van der Waals surface area contributed by atoms with Crippen molar-refractivity contribution in [1.29, 1.82) is 5.26 Å². The summed E-state index contributed by atoms with van der Waals surface area (Å²) in [7, 11) is 0. The van der Waals surface area contributed by atoms with Gasteiger partial charge in [-0.15, -0.1) is 34.0 Å². The lowest BCUT2D eigenvalue weighted by atomic mass is 10.1. The number of rotatable bonds is 7. The molecule has 0 atom stereocenters. The maximum Gasteiger partial charge on any atom is 0.264 e. The second-order valence-corrected chi connectivity index (χ2v) is 8.60. The van der Waals surface area contributed by atoms with Crippen molar-refractivity contribution >= 4 is 56.7 Å². The summed E-state index contributed by atoms with van der Waals surface area (Å²) in [5.74, 6) is 0.208. The topological polar surface area (TPSA) is 87.9 Å². The first-order valence-corrected chi connectivity index (χ1v) is 11.4. The van der Waals surface area contributed by atoms with E-state index in [0.29, 0.717) is 27.0 Å². The summed E-state index contributed by atoms with van der Waals surface area (Å²) < 4.78 is 5.69. The van der Waals surface area contributed by atoms with Crippen molar-refractivity contribution in [3.8, 4) is 22.4 Å². The predicted molar refractivity (Wildman–Crippen MR) is 122 cm³/mol. The minimum absolute atomic E-state index is 0.161. The van der Waals surface area contributed by atoms with Crippen LogP contribution in [0.1, 0.15) is 10.6 Å². The van der Waals surface area contributed by atoms with Crippen molar-refractivity contribution in [1.82, 2.24) is 9.97 Å². The van der Waals surface area contributed by atoms with E-state index in [1.807, 2.05) is 41.1 Å². The molecule has 0 saturated heterocycles. The molecule has 0 unspecified atom stereocenters. The highest BCUT2D eigenvalue weighted by Gasteiger charge is 2.12. The van der Waals surface area contributed by atoms with Crippen LogP contribution in [0.25, 0.3) is 22.2 Å². The van der Waals surface area contributed by atoms with Crippen molar-refractivity contribution in [3.05, 3.63) is 69.3 Å². The fourth-order valence-corrected chi connectivity index (χ4v) is 4.64. The van der Waals surface area contributed by atoms with Gasteiger partial charge in [-0.2, -0.15) is 5.26 Å². The number of anilines is 1. The van der Waals surface area contributed by atoms with Crippen LogP contribution < -0.4 is 10.1 Å². The van der Waals surface area contributed by atoms with Crippen LogP contribution in [0.4, 0.5) is 5.13 Å². The van der Waals surface area contributed by atoms with E-state index in [9.17, 15) is 10.1 Å². The number of para-hydroxylation sites is 1. The number of carbonyl (C=O) groups is 1. The molecule has 4 aromatic rings. The summed E-state index contributed by atoms with van der Waals surface area (Å²) in [4.78, 5) is 21.7. The van der Waals surface area contributed by atoms with Gasteiger partial charge in [0.15, 0.2) is 11.7 Å². The molecule has 4 rings (SSSR count). The lowest BCUT2D eigenvalue weighted by Gasteiger charge is -2.09. The lowest BCUT2D eigenvalue weighted by molar-refractivity contribution is -0.118. The van der Waals surface area contributed by atoms with E-state index in [4.69, 9.17) is 4.74 Å². The largest absolute Gasteiger partial charge is 0.483 e. The first-order valence-electron chi connectivity index (χ1n) is 8.75. The average molecular weight is 451 g/mol. The summed E-state index contributed by atoms with van der Waals surface area (Å²) >= 11 is 4.36. The Morgan fingerprint density at radius 1 is 1.17 bits per heavy atom. The number of aromatic nitrogens is 2. The van der Waals surface area contributed by atoms with E-state index in [0.717, 1.165) is 10.6 Å². The van der Waals surface area contributed by atoms with Crippen molar-refractivity contribution in [2.24, 2.45) is 0 Å². The van der Waals surface area contributed by atoms with Gasteiger partial charge in [-0.25, -0.2) is 9.97 Å². The number of carbonyl (C=O) groups excluding carboxylic acids is 1. The third-order valence-electron chi connectivity index (χ3n) is 3.88. The van der Waals surface area contributed by atoms with Gasteiger partial charge in [0.1, 0.15) is 16.8 Å². The van der Waals surface area contributed by atoms with Gasteiger partial charge in [-0.3, -0.25) is 10.1 Å². The third-order valence-corrected chi connectivity index (χ3v) is 6.34. The number of hydrogen-bond acceptors (Lipinski definition) is 8. The second-order valence-electron chi connectivity index (χ2n) is 5.90. The fraction of sp³-hybridized carbons (Fsp3) is 0.0476. The van der Waals surface area contributed by atoms with Crippen LogP contribution in [0.5, 0.6) is 5.75 Å². The van der Waals surface area contributed by atoms with Crippen LogP contribution in [0.2, 0.25) is 0 Å². The first kappa shape index (κ1) is 20.0. The Bertz CT molecular complexity index is 1210. The number of nitrogens with zero attached hydrogens (tertiary/aromatic N) is 3. The second kappa shape index (κ2) is 9.45. The molecule has 148 valence electrons. The SMILES string of the molecule is N#C/C(=C\c1ccccc1OCC(=O)Nc1nccs1)c1nc(-c2cccs2)cs1. The summed E-state index contributed by atoms with van der Waals surface area (Å²) in [6.07, 6.45) is 3.35. The highest BCUT2D eigenvalue weighted by atomic mass is 32.1. The Kier molecular flexibility index (Phi) is 6.29. The minimum Gasteiger partial charge on any atom is -0.483 e. The van der Waals surface area contributed by atoms with Crippen LogP contribution in [-0.4, -0.2) is 22.5 Å². The maximum atomic E-state index is 12.1. The van der Waals surface area contributed by atoms with E-state index in [1.54, 1.807) is 35.1 Å². The van der Waals surface area contributed by atoms with Crippen LogP contribution in [0.15, 0.2) is 58.7 Å². The van der Waals surface area contributed by atoms with Gasteiger partial charge in [0.05, 0.1) is 16.1 Å². The van der Waals surface area contributed by atoms with Crippen LogP contribution in [0, 0.1) is 11.3 Å². The minimum atomic E-state index is -0.301. The van der Waals surface area contributed by atoms with E-state index in [2.05, 4.69) is 21.4 Å². The number of ether oxygens (including phenoxy) is 1. The predicted octanol–water partition coefficient (Wildman–Crippen LogP) is 5.41. The molecule has 0 aliphatic rings. The van der Waals surface area contributed by atoms with E-state index in [-0.39, 0.29) is 12.5 Å². The van der Waals surface area contributed by atoms with E-state index in [1.165, 1.54) is 22.7 Å². The molecule has 3 aromatic heterocycles. The van der Waals surface area contributed by atoms with Gasteiger partial charge in [0.25, 0.3) is 5.91 Å². The standard InChI is InChI=1S/C21H14N4O2S3/c22-11-15(20-24-16(13-30-20)18-6-3-8-28-18)10-14-4-1-2-5-17(14)27-12-19(26)25-21-23-7-9-29-21/h1-10,13H,12H2,(H,23,25,26)/b15-10+. The Morgan fingerprint density at radius 2 is 2.07 bits per heavy atom. The zero-order valence-electron chi connectivity index (χ0n) is 15.4. The molecule has 6 nitrogen and oxygen atoms in total. The molecule has 0 radical (unpaired) electrons. The number of thiophene rings is 1. The quantitative estimate of drug-likeness (QED) is 0.380. The first-order chi connectivity index (χ1) is 14.7. The molecule has 1 N–H and O–H groups in total. The molecule has 0 saturated carbocycles. The van der Waals surface area contributed by atoms with Gasteiger partial charge in [0, 0.05) is 22.5 Å². The Labute approximate surface area is 184 Å². The van der Waals surface area contributed by atoms with Gasteiger partial charge >= 0.3 is 0 Å². The number of thiazole rings is 2.